The van der Waals surface area contributed by atoms with Gasteiger partial charge in [-0.3, -0.25) is 4.79 Å². The Morgan fingerprint density at radius 3 is 2.78 bits per heavy atom. The molecule has 2 N–H and O–H groups in total. The molecule has 0 radical (unpaired) electrons. The SMILES string of the molecule is Nc1c(C(=O)N2CCCC3CCCCC32)nnc2ccccc12. The predicted molar refractivity (Wildman–Crippen MR) is 90.0 cm³/mol. The number of nitrogens with zero attached hydrogens (tertiary/aromatic N) is 3. The van der Waals surface area contributed by atoms with E-state index >= 15 is 0 Å². The van der Waals surface area contributed by atoms with Gasteiger partial charge in [0.1, 0.15) is 0 Å². The zero-order valence-corrected chi connectivity index (χ0v) is 13.2. The number of rotatable bonds is 1. The minimum Gasteiger partial charge on any atom is -0.396 e. The Balaban J connectivity index is 1.69. The van der Waals surface area contributed by atoms with Gasteiger partial charge in [-0.2, -0.15) is 0 Å². The number of aromatic nitrogens is 2. The van der Waals surface area contributed by atoms with Crippen LogP contribution in [0.1, 0.15) is 49.0 Å². The molecule has 1 aromatic carbocycles. The van der Waals surface area contributed by atoms with Gasteiger partial charge in [0.15, 0.2) is 5.69 Å². The number of fused-ring (bicyclic) bond motifs is 2. The number of carbonyl (C=O) groups excluding carboxylic acids is 1. The number of hydrogen-bond acceptors (Lipinski definition) is 4. The van der Waals surface area contributed by atoms with Gasteiger partial charge >= 0.3 is 0 Å². The van der Waals surface area contributed by atoms with Crippen molar-refractivity contribution in [3.63, 3.8) is 0 Å². The minimum atomic E-state index is -0.0441. The monoisotopic (exact) mass is 310 g/mol. The number of piperidine rings is 1. The molecule has 1 amide bonds. The van der Waals surface area contributed by atoms with E-state index in [-0.39, 0.29) is 5.91 Å². The van der Waals surface area contributed by atoms with E-state index in [1.54, 1.807) is 0 Å². The molecule has 2 atom stereocenters. The maximum Gasteiger partial charge on any atom is 0.276 e. The van der Waals surface area contributed by atoms with Crippen LogP contribution in [0.25, 0.3) is 10.9 Å². The average Bonchev–Trinajstić information content (AvgIpc) is 2.61. The third-order valence-corrected chi connectivity index (χ3v) is 5.41. The molecular weight excluding hydrogens is 288 g/mol. The molecule has 0 bridgehead atoms. The second-order valence-electron chi connectivity index (χ2n) is 6.73. The van der Waals surface area contributed by atoms with E-state index in [4.69, 9.17) is 5.73 Å². The molecule has 2 fully saturated rings. The van der Waals surface area contributed by atoms with E-state index in [0.29, 0.717) is 23.3 Å². The van der Waals surface area contributed by atoms with Crippen LogP contribution in [0.4, 0.5) is 5.69 Å². The number of benzene rings is 1. The summed E-state index contributed by atoms with van der Waals surface area (Å²) in [6.07, 6.45) is 7.18. The first-order valence-corrected chi connectivity index (χ1v) is 8.57. The fraction of sp³-hybridized carbons (Fsp3) is 0.500. The van der Waals surface area contributed by atoms with E-state index in [2.05, 4.69) is 10.2 Å². The molecule has 5 heteroatoms. The molecule has 1 aliphatic carbocycles. The Kier molecular flexibility index (Phi) is 3.63. The molecule has 5 nitrogen and oxygen atoms in total. The highest BCUT2D eigenvalue weighted by atomic mass is 16.2. The topological polar surface area (TPSA) is 72.1 Å². The molecule has 2 aromatic rings. The number of nitrogens with two attached hydrogens (primary N) is 1. The summed E-state index contributed by atoms with van der Waals surface area (Å²) in [6, 6.07) is 7.93. The maximum atomic E-state index is 13.1. The molecule has 2 heterocycles. The fourth-order valence-corrected chi connectivity index (χ4v) is 4.24. The number of nitrogen functional groups attached to an aromatic ring is 1. The van der Waals surface area contributed by atoms with Gasteiger partial charge < -0.3 is 10.6 Å². The molecule has 4 rings (SSSR count). The summed E-state index contributed by atoms with van der Waals surface area (Å²) < 4.78 is 0. The van der Waals surface area contributed by atoms with Crippen LogP contribution in [0.2, 0.25) is 0 Å². The van der Waals surface area contributed by atoms with Crippen molar-refractivity contribution in [1.82, 2.24) is 15.1 Å². The zero-order valence-electron chi connectivity index (χ0n) is 13.2. The largest absolute Gasteiger partial charge is 0.396 e. The summed E-state index contributed by atoms with van der Waals surface area (Å²) in [7, 11) is 0. The Hall–Kier alpha value is -2.17. The van der Waals surface area contributed by atoms with E-state index in [1.807, 2.05) is 29.2 Å². The van der Waals surface area contributed by atoms with Crippen LogP contribution in [-0.2, 0) is 0 Å². The van der Waals surface area contributed by atoms with Crippen LogP contribution in [0.3, 0.4) is 0 Å². The first kappa shape index (κ1) is 14.4. The Bertz CT molecular complexity index is 743. The van der Waals surface area contributed by atoms with Crippen molar-refractivity contribution >= 4 is 22.5 Å². The second kappa shape index (κ2) is 5.80. The number of carbonyl (C=O) groups is 1. The number of anilines is 1. The lowest BCUT2D eigenvalue weighted by molar-refractivity contribution is 0.0385. The number of likely N-dealkylation sites (tertiary alicyclic amines) is 1. The van der Waals surface area contributed by atoms with Crippen molar-refractivity contribution in [2.45, 2.75) is 44.6 Å². The molecule has 0 spiro atoms. The molecule has 1 saturated heterocycles. The molecule has 1 aliphatic heterocycles. The molecule has 1 saturated carbocycles. The van der Waals surface area contributed by atoms with Gasteiger partial charge in [-0.1, -0.05) is 31.0 Å². The van der Waals surface area contributed by atoms with Crippen LogP contribution in [0, 0.1) is 5.92 Å². The van der Waals surface area contributed by atoms with Gasteiger partial charge in [-0.15, -0.1) is 10.2 Å². The Labute approximate surface area is 135 Å². The Morgan fingerprint density at radius 2 is 1.87 bits per heavy atom. The van der Waals surface area contributed by atoms with Crippen molar-refractivity contribution in [2.24, 2.45) is 5.92 Å². The summed E-state index contributed by atoms with van der Waals surface area (Å²) in [5.74, 6) is 0.605. The highest BCUT2D eigenvalue weighted by Gasteiger charge is 2.37. The summed E-state index contributed by atoms with van der Waals surface area (Å²) in [6.45, 7) is 0.813. The van der Waals surface area contributed by atoms with Crippen LogP contribution < -0.4 is 5.73 Å². The van der Waals surface area contributed by atoms with Crippen molar-refractivity contribution in [3.05, 3.63) is 30.0 Å². The highest BCUT2D eigenvalue weighted by molar-refractivity contribution is 6.04. The lowest BCUT2D eigenvalue weighted by Crippen LogP contribution is -2.50. The van der Waals surface area contributed by atoms with Crippen LogP contribution in [-0.4, -0.2) is 33.6 Å². The van der Waals surface area contributed by atoms with E-state index in [9.17, 15) is 4.79 Å². The zero-order chi connectivity index (χ0) is 15.8. The van der Waals surface area contributed by atoms with E-state index in [0.717, 1.165) is 30.3 Å². The summed E-state index contributed by atoms with van der Waals surface area (Å²) in [5, 5.41) is 9.15. The summed E-state index contributed by atoms with van der Waals surface area (Å²) in [4.78, 5) is 15.1. The average molecular weight is 310 g/mol. The molecule has 2 unspecified atom stereocenters. The van der Waals surface area contributed by atoms with Crippen LogP contribution in [0.5, 0.6) is 0 Å². The smallest absolute Gasteiger partial charge is 0.276 e. The van der Waals surface area contributed by atoms with Gasteiger partial charge in [0.2, 0.25) is 0 Å². The molecular formula is C18H22N4O. The van der Waals surface area contributed by atoms with E-state index < -0.39 is 0 Å². The maximum absolute atomic E-state index is 13.1. The lowest BCUT2D eigenvalue weighted by atomic mass is 9.78. The second-order valence-corrected chi connectivity index (χ2v) is 6.73. The molecule has 1 aromatic heterocycles. The van der Waals surface area contributed by atoms with Crippen molar-refractivity contribution < 1.29 is 4.79 Å². The first-order valence-electron chi connectivity index (χ1n) is 8.57. The Morgan fingerprint density at radius 1 is 1.09 bits per heavy atom. The number of hydrogen-bond donors (Lipinski definition) is 1. The number of amides is 1. The van der Waals surface area contributed by atoms with Crippen LogP contribution >= 0.6 is 0 Å². The van der Waals surface area contributed by atoms with Crippen molar-refractivity contribution in [3.8, 4) is 0 Å². The quantitative estimate of drug-likeness (QED) is 0.879. The van der Waals surface area contributed by atoms with Gasteiger partial charge in [0.25, 0.3) is 5.91 Å². The summed E-state index contributed by atoms with van der Waals surface area (Å²) >= 11 is 0. The molecule has 2 aliphatic rings. The van der Waals surface area contributed by atoms with Gasteiger partial charge in [-0.05, 0) is 37.7 Å². The van der Waals surface area contributed by atoms with Crippen molar-refractivity contribution in [2.75, 3.05) is 12.3 Å². The highest BCUT2D eigenvalue weighted by Crippen LogP contribution is 2.36. The minimum absolute atomic E-state index is 0.0441. The first-order chi connectivity index (χ1) is 11.3. The third-order valence-electron chi connectivity index (χ3n) is 5.41. The lowest BCUT2D eigenvalue weighted by Gasteiger charge is -2.44. The van der Waals surface area contributed by atoms with Gasteiger partial charge in [0, 0.05) is 18.0 Å². The predicted octanol–water partition coefficient (Wildman–Crippen LogP) is 3.01. The van der Waals surface area contributed by atoms with Gasteiger partial charge in [-0.25, -0.2) is 0 Å². The van der Waals surface area contributed by atoms with Gasteiger partial charge in [0.05, 0.1) is 11.2 Å². The standard InChI is InChI=1S/C18H22N4O/c19-16-13-8-2-3-9-14(13)20-21-17(16)18(23)22-11-5-7-12-6-1-4-10-15(12)22/h2-3,8-9,12,15H,1,4-7,10-11H2,(H2,19,20). The van der Waals surface area contributed by atoms with Crippen LogP contribution in [0.15, 0.2) is 24.3 Å². The van der Waals surface area contributed by atoms with Crippen molar-refractivity contribution in [1.29, 1.82) is 0 Å². The summed E-state index contributed by atoms with van der Waals surface area (Å²) in [5.41, 5.74) is 7.75. The molecule has 120 valence electrons. The third kappa shape index (κ3) is 2.44. The van der Waals surface area contributed by atoms with E-state index in [1.165, 1.54) is 25.7 Å². The molecule has 23 heavy (non-hydrogen) atoms. The fourth-order valence-electron chi connectivity index (χ4n) is 4.24. The normalized spacial score (nSPS) is 24.4.